The van der Waals surface area contributed by atoms with Gasteiger partial charge in [-0.2, -0.15) is 18.3 Å². The molecule has 0 aliphatic rings. The molecule has 0 spiro atoms. The predicted molar refractivity (Wildman–Crippen MR) is 81.6 cm³/mol. The molecule has 122 valence electrons. The van der Waals surface area contributed by atoms with Gasteiger partial charge in [0.05, 0.1) is 10.9 Å². The van der Waals surface area contributed by atoms with Crippen LogP contribution in [0.1, 0.15) is 5.69 Å². The summed E-state index contributed by atoms with van der Waals surface area (Å²) in [7, 11) is -1.25. The molecule has 0 amide bonds. The van der Waals surface area contributed by atoms with E-state index in [1.54, 1.807) is 0 Å². The Kier molecular flexibility index (Phi) is 4.83. The minimum absolute atomic E-state index is 0.0442. The molecule has 0 atom stereocenters. The van der Waals surface area contributed by atoms with E-state index in [1.807, 2.05) is 0 Å². The average molecular weight is 352 g/mol. The Morgan fingerprint density at radius 3 is 2.59 bits per heavy atom. The number of nitrogens with zero attached hydrogens (tertiary/aromatic N) is 3. The van der Waals surface area contributed by atoms with Crippen molar-refractivity contribution in [3.63, 3.8) is 0 Å². The number of ether oxygens (including phenoxy) is 1. The van der Waals surface area contributed by atoms with Crippen molar-refractivity contribution >= 4 is 30.6 Å². The van der Waals surface area contributed by atoms with E-state index in [9.17, 15) is 13.2 Å². The second-order valence-electron chi connectivity index (χ2n) is 6.22. The molecule has 4 nitrogen and oxygen atoms in total. The lowest BCUT2D eigenvalue weighted by Crippen LogP contribution is -2.22. The molecular weight excluding hydrogens is 335 g/mol. The van der Waals surface area contributed by atoms with E-state index in [0.717, 1.165) is 12.2 Å². The summed E-state index contributed by atoms with van der Waals surface area (Å²) in [6.07, 6.45) is -3.45. The predicted octanol–water partition coefficient (Wildman–Crippen LogP) is 4.42. The average Bonchev–Trinajstić information content (AvgIpc) is 2.71. The Morgan fingerprint density at radius 1 is 1.32 bits per heavy atom. The lowest BCUT2D eigenvalue weighted by atomic mass is 10.2. The fourth-order valence-corrected chi connectivity index (χ4v) is 2.79. The van der Waals surface area contributed by atoms with Crippen molar-refractivity contribution in [2.75, 3.05) is 6.61 Å². The second kappa shape index (κ2) is 6.17. The van der Waals surface area contributed by atoms with Gasteiger partial charge in [0.15, 0.2) is 5.69 Å². The summed E-state index contributed by atoms with van der Waals surface area (Å²) >= 11 is 5.77. The largest absolute Gasteiger partial charge is 0.435 e. The van der Waals surface area contributed by atoms with E-state index in [-0.39, 0.29) is 22.8 Å². The van der Waals surface area contributed by atoms with E-state index in [2.05, 4.69) is 29.7 Å². The van der Waals surface area contributed by atoms with Gasteiger partial charge in [-0.25, -0.2) is 9.67 Å². The smallest absolute Gasteiger partial charge is 0.360 e. The van der Waals surface area contributed by atoms with Crippen LogP contribution in [0.4, 0.5) is 13.2 Å². The Balaban J connectivity index is 2.24. The molecule has 2 heterocycles. The van der Waals surface area contributed by atoms with Crippen molar-refractivity contribution in [1.29, 1.82) is 0 Å². The second-order valence-corrected chi connectivity index (χ2v) is 12.2. The number of alkyl halides is 3. The quantitative estimate of drug-likeness (QED) is 0.455. The zero-order valence-corrected chi connectivity index (χ0v) is 14.3. The van der Waals surface area contributed by atoms with Gasteiger partial charge in [0, 0.05) is 26.9 Å². The highest BCUT2D eigenvalue weighted by Crippen LogP contribution is 2.34. The van der Waals surface area contributed by atoms with Gasteiger partial charge in [0.25, 0.3) is 0 Å². The number of rotatable bonds is 5. The number of aromatic nitrogens is 3. The molecule has 0 aliphatic carbocycles. The Morgan fingerprint density at radius 2 is 2.00 bits per heavy atom. The fraction of sp³-hybridized carbons (Fsp3) is 0.538. The third kappa shape index (κ3) is 4.20. The molecule has 0 aliphatic heterocycles. The van der Waals surface area contributed by atoms with E-state index < -0.39 is 19.9 Å². The van der Waals surface area contributed by atoms with Crippen molar-refractivity contribution in [1.82, 2.24) is 14.8 Å². The first-order valence-electron chi connectivity index (χ1n) is 6.75. The van der Waals surface area contributed by atoms with Crippen molar-refractivity contribution in [3.8, 4) is 0 Å². The summed E-state index contributed by atoms with van der Waals surface area (Å²) in [4.78, 5) is 3.70. The minimum Gasteiger partial charge on any atom is -0.360 e. The molecule has 0 fully saturated rings. The van der Waals surface area contributed by atoms with Gasteiger partial charge < -0.3 is 4.74 Å². The summed E-state index contributed by atoms with van der Waals surface area (Å²) in [5, 5.41) is 3.65. The van der Waals surface area contributed by atoms with E-state index in [1.165, 1.54) is 10.7 Å². The van der Waals surface area contributed by atoms with Crippen LogP contribution in [0.15, 0.2) is 12.3 Å². The van der Waals surface area contributed by atoms with Gasteiger partial charge in [-0.3, -0.25) is 0 Å². The maximum atomic E-state index is 13.0. The monoisotopic (exact) mass is 351 g/mol. The lowest BCUT2D eigenvalue weighted by molar-refractivity contribution is -0.140. The summed E-state index contributed by atoms with van der Waals surface area (Å²) in [5.74, 6) is 0. The Labute approximate surface area is 132 Å². The molecule has 22 heavy (non-hydrogen) atoms. The molecule has 0 radical (unpaired) electrons. The molecule has 0 bridgehead atoms. The molecule has 9 heteroatoms. The molecule has 0 saturated carbocycles. The van der Waals surface area contributed by atoms with Crippen molar-refractivity contribution in [2.45, 2.75) is 38.6 Å². The summed E-state index contributed by atoms with van der Waals surface area (Å²) in [5.41, 5.74) is -0.708. The first kappa shape index (κ1) is 17.2. The summed E-state index contributed by atoms with van der Waals surface area (Å²) in [6.45, 7) is 7.06. The third-order valence-electron chi connectivity index (χ3n) is 3.08. The van der Waals surface area contributed by atoms with Crippen LogP contribution in [0.25, 0.3) is 10.9 Å². The molecule has 2 rings (SSSR count). The first-order valence-corrected chi connectivity index (χ1v) is 10.8. The Bertz CT molecular complexity index is 667. The third-order valence-corrected chi connectivity index (χ3v) is 4.99. The number of fused-ring (bicyclic) bond motifs is 1. The number of hydrogen-bond donors (Lipinski definition) is 0. The van der Waals surface area contributed by atoms with Gasteiger partial charge in [-0.15, -0.1) is 0 Å². The summed E-state index contributed by atoms with van der Waals surface area (Å²) in [6, 6.07) is 2.29. The topological polar surface area (TPSA) is 39.9 Å². The number of hydrogen-bond acceptors (Lipinski definition) is 3. The molecule has 2 aromatic heterocycles. The SMILES string of the molecule is C[Si](C)(C)CCOCn1nc(C(F)(F)F)c2cnc(Cl)cc21. The van der Waals surface area contributed by atoms with E-state index in [0.29, 0.717) is 6.61 Å². The van der Waals surface area contributed by atoms with Crippen LogP contribution >= 0.6 is 11.6 Å². The summed E-state index contributed by atoms with van der Waals surface area (Å²) < 4.78 is 45.7. The molecule has 2 aromatic rings. The van der Waals surface area contributed by atoms with Crippen LogP contribution < -0.4 is 0 Å². The molecule has 0 saturated heterocycles. The van der Waals surface area contributed by atoms with Crippen LogP contribution in [0, 0.1) is 0 Å². The zero-order valence-electron chi connectivity index (χ0n) is 12.5. The van der Waals surface area contributed by atoms with E-state index in [4.69, 9.17) is 16.3 Å². The standard InChI is InChI=1S/C13H17ClF3N3OSi/c1-22(2,3)5-4-21-8-20-10-6-11(14)18-7-9(10)12(19-20)13(15,16)17/h6-7H,4-5,8H2,1-3H3. The molecule has 0 aromatic carbocycles. The van der Waals surface area contributed by atoms with Gasteiger partial charge in [0.2, 0.25) is 0 Å². The fourth-order valence-electron chi connectivity index (χ4n) is 1.88. The lowest BCUT2D eigenvalue weighted by Gasteiger charge is -2.15. The van der Waals surface area contributed by atoms with Crippen molar-refractivity contribution in [3.05, 3.63) is 23.1 Å². The Hall–Kier alpha value is -1.12. The first-order chi connectivity index (χ1) is 10.1. The number of halogens is 4. The van der Waals surface area contributed by atoms with Gasteiger partial charge in [-0.05, 0) is 6.04 Å². The highest BCUT2D eigenvalue weighted by atomic mass is 35.5. The number of pyridine rings is 1. The van der Waals surface area contributed by atoms with Crippen LogP contribution in [0.2, 0.25) is 30.8 Å². The molecule has 0 unspecified atom stereocenters. The van der Waals surface area contributed by atoms with Crippen LogP contribution in [-0.2, 0) is 17.6 Å². The normalized spacial score (nSPS) is 13.0. The molecule has 0 N–H and O–H groups in total. The molecular formula is C13H17ClF3N3OSi. The van der Waals surface area contributed by atoms with Gasteiger partial charge in [0.1, 0.15) is 11.9 Å². The van der Waals surface area contributed by atoms with Crippen LogP contribution in [0.5, 0.6) is 0 Å². The highest BCUT2D eigenvalue weighted by molar-refractivity contribution is 6.76. The van der Waals surface area contributed by atoms with Crippen molar-refractivity contribution < 1.29 is 17.9 Å². The van der Waals surface area contributed by atoms with Gasteiger partial charge in [-0.1, -0.05) is 31.2 Å². The zero-order chi connectivity index (χ0) is 16.5. The highest BCUT2D eigenvalue weighted by Gasteiger charge is 2.37. The minimum atomic E-state index is -4.54. The maximum absolute atomic E-state index is 13.0. The van der Waals surface area contributed by atoms with Crippen LogP contribution in [-0.4, -0.2) is 29.4 Å². The van der Waals surface area contributed by atoms with Crippen molar-refractivity contribution in [2.24, 2.45) is 0 Å². The maximum Gasteiger partial charge on any atom is 0.435 e. The van der Waals surface area contributed by atoms with E-state index >= 15 is 0 Å². The van der Waals surface area contributed by atoms with Gasteiger partial charge >= 0.3 is 6.18 Å². The van der Waals surface area contributed by atoms with Crippen LogP contribution in [0.3, 0.4) is 0 Å².